The van der Waals surface area contributed by atoms with Crippen molar-refractivity contribution in [2.45, 2.75) is 33.6 Å². The van der Waals surface area contributed by atoms with Crippen LogP contribution in [0.25, 0.3) is 0 Å². The lowest BCUT2D eigenvalue weighted by atomic mass is 9.63. The first-order valence-electron chi connectivity index (χ1n) is 7.85. The van der Waals surface area contributed by atoms with E-state index in [2.05, 4.69) is 15.9 Å². The van der Waals surface area contributed by atoms with Gasteiger partial charge in [0.05, 0.1) is 17.5 Å². The van der Waals surface area contributed by atoms with E-state index in [4.69, 9.17) is 0 Å². The number of ketones is 1. The zero-order valence-electron chi connectivity index (χ0n) is 13.5. The van der Waals surface area contributed by atoms with Crippen LogP contribution in [0.3, 0.4) is 0 Å². The molecule has 1 aliphatic heterocycles. The summed E-state index contributed by atoms with van der Waals surface area (Å²) < 4.78 is 0.889. The summed E-state index contributed by atoms with van der Waals surface area (Å²) in [5.41, 5.74) is 0.391. The molecule has 1 aromatic rings. The van der Waals surface area contributed by atoms with E-state index in [0.29, 0.717) is 12.1 Å². The van der Waals surface area contributed by atoms with Crippen LogP contribution < -0.4 is 4.90 Å². The van der Waals surface area contributed by atoms with E-state index in [1.54, 1.807) is 12.1 Å². The summed E-state index contributed by atoms with van der Waals surface area (Å²) in [4.78, 5) is 39.2. The van der Waals surface area contributed by atoms with E-state index in [1.807, 2.05) is 32.9 Å². The summed E-state index contributed by atoms with van der Waals surface area (Å²) in [6.45, 7) is 6.11. The summed E-state index contributed by atoms with van der Waals surface area (Å²) in [6, 6.07) is 7.13. The maximum atomic E-state index is 13.0. The number of nitrogens with zero attached hydrogens (tertiary/aromatic N) is 1. The van der Waals surface area contributed by atoms with E-state index in [0.717, 1.165) is 4.47 Å². The number of carbonyl (C=O) groups is 3. The van der Waals surface area contributed by atoms with Crippen molar-refractivity contribution in [1.29, 1.82) is 0 Å². The average Bonchev–Trinajstić information content (AvgIpc) is 2.70. The Kier molecular flexibility index (Phi) is 3.95. The van der Waals surface area contributed by atoms with Gasteiger partial charge in [-0.3, -0.25) is 19.3 Å². The zero-order chi connectivity index (χ0) is 16.9. The van der Waals surface area contributed by atoms with Gasteiger partial charge in [0, 0.05) is 17.3 Å². The molecule has 1 unspecified atom stereocenters. The Morgan fingerprint density at radius 2 is 1.61 bits per heavy atom. The number of fused-ring (bicyclic) bond motifs is 1. The Labute approximate surface area is 144 Å². The number of hydrogen-bond donors (Lipinski definition) is 0. The molecular formula is C18H20BrNO3. The highest BCUT2D eigenvalue weighted by molar-refractivity contribution is 9.10. The van der Waals surface area contributed by atoms with Gasteiger partial charge >= 0.3 is 0 Å². The summed E-state index contributed by atoms with van der Waals surface area (Å²) in [7, 11) is 0. The predicted molar refractivity (Wildman–Crippen MR) is 90.8 cm³/mol. The van der Waals surface area contributed by atoms with Crippen molar-refractivity contribution in [2.75, 3.05) is 4.90 Å². The Hall–Kier alpha value is -1.49. The second-order valence-electron chi connectivity index (χ2n) is 7.54. The van der Waals surface area contributed by atoms with Crippen LogP contribution in [0.2, 0.25) is 0 Å². The lowest BCUT2D eigenvalue weighted by Crippen LogP contribution is -2.41. The minimum absolute atomic E-state index is 0.0879. The number of anilines is 1. The molecule has 1 saturated carbocycles. The Morgan fingerprint density at radius 1 is 1.00 bits per heavy atom. The molecule has 2 aliphatic rings. The lowest BCUT2D eigenvalue weighted by molar-refractivity contribution is -0.135. The Morgan fingerprint density at radius 3 is 2.17 bits per heavy atom. The summed E-state index contributed by atoms with van der Waals surface area (Å²) in [6.07, 6.45) is 0.576. The predicted octanol–water partition coefficient (Wildman–Crippen LogP) is 3.58. The first kappa shape index (κ1) is 16.4. The number of benzene rings is 1. The Balaban J connectivity index is 2.01. The van der Waals surface area contributed by atoms with Crippen LogP contribution in [0.5, 0.6) is 0 Å². The summed E-state index contributed by atoms with van der Waals surface area (Å²) >= 11 is 3.36. The van der Waals surface area contributed by atoms with Gasteiger partial charge in [0.1, 0.15) is 5.78 Å². The van der Waals surface area contributed by atoms with Crippen LogP contribution in [0.1, 0.15) is 33.6 Å². The standard InChI is InChI=1S/C18H20BrNO3/c1-18(2,3)14-9-12(21)8-13-15(14)17(23)20(16(13)22)11-6-4-10(19)5-7-11/h4-7,13-15H,8-9H2,1-3H3/t13-,14?,15-/m0/s1. The molecule has 122 valence electrons. The molecule has 3 atom stereocenters. The van der Waals surface area contributed by atoms with Gasteiger partial charge in [-0.1, -0.05) is 36.7 Å². The quantitative estimate of drug-likeness (QED) is 0.702. The number of amides is 2. The van der Waals surface area contributed by atoms with Gasteiger partial charge in [-0.2, -0.15) is 0 Å². The van der Waals surface area contributed by atoms with Crippen LogP contribution in [0.4, 0.5) is 5.69 Å². The molecule has 2 fully saturated rings. The van der Waals surface area contributed by atoms with Crippen molar-refractivity contribution in [3.63, 3.8) is 0 Å². The molecular weight excluding hydrogens is 358 g/mol. The molecule has 1 aliphatic carbocycles. The molecule has 3 rings (SSSR count). The third kappa shape index (κ3) is 2.75. The van der Waals surface area contributed by atoms with Crippen LogP contribution >= 0.6 is 15.9 Å². The van der Waals surface area contributed by atoms with Crippen LogP contribution in [-0.4, -0.2) is 17.6 Å². The van der Waals surface area contributed by atoms with Gasteiger partial charge in [0.25, 0.3) is 0 Å². The number of imide groups is 1. The second kappa shape index (κ2) is 5.55. The largest absolute Gasteiger partial charge is 0.300 e. The fourth-order valence-electron chi connectivity index (χ4n) is 3.81. The van der Waals surface area contributed by atoms with Crippen molar-refractivity contribution < 1.29 is 14.4 Å². The lowest BCUT2D eigenvalue weighted by Gasteiger charge is -2.38. The van der Waals surface area contributed by atoms with E-state index in [-0.39, 0.29) is 41.3 Å². The smallest absolute Gasteiger partial charge is 0.238 e. The second-order valence-corrected chi connectivity index (χ2v) is 8.46. The molecule has 0 radical (unpaired) electrons. The van der Waals surface area contributed by atoms with Gasteiger partial charge in [-0.05, 0) is 35.6 Å². The average molecular weight is 378 g/mol. The molecule has 1 saturated heterocycles. The number of Topliss-reactive ketones (excluding diaryl/α,β-unsaturated/α-hetero) is 1. The van der Waals surface area contributed by atoms with E-state index < -0.39 is 5.92 Å². The molecule has 0 aromatic heterocycles. The van der Waals surface area contributed by atoms with Crippen LogP contribution in [0.15, 0.2) is 28.7 Å². The molecule has 5 heteroatoms. The minimum atomic E-state index is -0.503. The molecule has 0 N–H and O–H groups in total. The third-order valence-electron chi connectivity index (χ3n) is 5.00. The molecule has 1 aromatic carbocycles. The first-order valence-corrected chi connectivity index (χ1v) is 8.64. The summed E-state index contributed by atoms with van der Waals surface area (Å²) in [5.74, 6) is -1.28. The van der Waals surface area contributed by atoms with Gasteiger partial charge in [-0.15, -0.1) is 0 Å². The first-order chi connectivity index (χ1) is 10.7. The number of carbonyl (C=O) groups excluding carboxylic acids is 3. The van der Waals surface area contributed by atoms with Crippen molar-refractivity contribution in [3.05, 3.63) is 28.7 Å². The fourth-order valence-corrected chi connectivity index (χ4v) is 4.07. The molecule has 4 nitrogen and oxygen atoms in total. The SMILES string of the molecule is CC(C)(C)C1CC(=O)C[C@@H]2C(=O)N(c3ccc(Br)cc3)C(=O)[C@H]12. The number of hydrogen-bond acceptors (Lipinski definition) is 3. The molecule has 1 heterocycles. The normalized spacial score (nSPS) is 28.3. The minimum Gasteiger partial charge on any atom is -0.300 e. The number of halogens is 1. The molecule has 0 spiro atoms. The van der Waals surface area contributed by atoms with E-state index >= 15 is 0 Å². The van der Waals surface area contributed by atoms with Crippen molar-refractivity contribution in [2.24, 2.45) is 23.2 Å². The highest BCUT2D eigenvalue weighted by Crippen LogP contribution is 2.48. The maximum absolute atomic E-state index is 13.0. The third-order valence-corrected chi connectivity index (χ3v) is 5.53. The van der Waals surface area contributed by atoms with Crippen molar-refractivity contribution in [3.8, 4) is 0 Å². The van der Waals surface area contributed by atoms with Crippen LogP contribution in [0, 0.1) is 23.2 Å². The van der Waals surface area contributed by atoms with E-state index in [9.17, 15) is 14.4 Å². The molecule has 0 bridgehead atoms. The highest BCUT2D eigenvalue weighted by Gasteiger charge is 2.56. The van der Waals surface area contributed by atoms with Crippen molar-refractivity contribution >= 4 is 39.2 Å². The van der Waals surface area contributed by atoms with Gasteiger partial charge < -0.3 is 0 Å². The molecule has 23 heavy (non-hydrogen) atoms. The monoisotopic (exact) mass is 377 g/mol. The topological polar surface area (TPSA) is 54.5 Å². The molecule has 2 amide bonds. The van der Waals surface area contributed by atoms with Crippen LogP contribution in [-0.2, 0) is 14.4 Å². The van der Waals surface area contributed by atoms with Gasteiger partial charge in [-0.25, -0.2) is 0 Å². The van der Waals surface area contributed by atoms with Gasteiger partial charge in [0.15, 0.2) is 0 Å². The highest BCUT2D eigenvalue weighted by atomic mass is 79.9. The van der Waals surface area contributed by atoms with E-state index in [1.165, 1.54) is 4.90 Å². The zero-order valence-corrected chi connectivity index (χ0v) is 15.1. The summed E-state index contributed by atoms with van der Waals surface area (Å²) in [5, 5.41) is 0. The maximum Gasteiger partial charge on any atom is 0.238 e. The van der Waals surface area contributed by atoms with Crippen molar-refractivity contribution in [1.82, 2.24) is 0 Å². The number of rotatable bonds is 1. The fraction of sp³-hybridized carbons (Fsp3) is 0.500. The Bertz CT molecular complexity index is 675. The van der Waals surface area contributed by atoms with Gasteiger partial charge in [0.2, 0.25) is 11.8 Å².